The van der Waals surface area contributed by atoms with Crippen LogP contribution in [0.2, 0.25) is 0 Å². The number of carbonyl (C=O) groups is 1. The van der Waals surface area contributed by atoms with E-state index in [4.69, 9.17) is 5.73 Å². The topological polar surface area (TPSA) is 98.3 Å². The number of nitrogens with zero attached hydrogens (tertiary/aromatic N) is 1. The number of hydrogen-bond acceptors (Lipinski definition) is 4. The smallest absolute Gasteiger partial charge is 0.292 e. The number of hydrogen-bond donors (Lipinski definition) is 2. The molecule has 0 saturated heterocycles. The number of anilines is 2. The summed E-state index contributed by atoms with van der Waals surface area (Å²) < 4.78 is 0.832. The molecule has 0 bridgehead atoms. The van der Waals surface area contributed by atoms with Crippen LogP contribution in [-0.4, -0.2) is 10.8 Å². The van der Waals surface area contributed by atoms with Crippen molar-refractivity contribution in [2.45, 2.75) is 0 Å². The maximum atomic E-state index is 12.0. The van der Waals surface area contributed by atoms with E-state index in [1.54, 1.807) is 18.2 Å². The minimum Gasteiger partial charge on any atom is -0.393 e. The molecule has 0 aromatic heterocycles. The van der Waals surface area contributed by atoms with Crippen molar-refractivity contribution in [1.82, 2.24) is 0 Å². The average Bonchev–Trinajstić information content (AvgIpc) is 2.38. The SMILES string of the molecule is Nc1cc(C(=O)Nc2cccc(Br)c2)ccc1[N+](=O)[O-]. The second-order valence-corrected chi connectivity index (χ2v) is 4.91. The van der Waals surface area contributed by atoms with Gasteiger partial charge in [0.15, 0.2) is 0 Å². The van der Waals surface area contributed by atoms with Gasteiger partial charge in [-0.15, -0.1) is 0 Å². The van der Waals surface area contributed by atoms with Gasteiger partial charge in [-0.3, -0.25) is 14.9 Å². The monoisotopic (exact) mass is 335 g/mol. The maximum absolute atomic E-state index is 12.0. The first-order valence-electron chi connectivity index (χ1n) is 5.58. The molecule has 2 aromatic rings. The molecule has 7 heteroatoms. The predicted molar refractivity (Wildman–Crippen MR) is 79.6 cm³/mol. The van der Waals surface area contributed by atoms with Crippen molar-refractivity contribution < 1.29 is 9.72 Å². The van der Waals surface area contributed by atoms with E-state index in [1.165, 1.54) is 18.2 Å². The first-order chi connectivity index (χ1) is 9.47. The molecule has 2 rings (SSSR count). The molecule has 102 valence electrons. The highest BCUT2D eigenvalue weighted by Gasteiger charge is 2.14. The Morgan fingerprint density at radius 2 is 2.00 bits per heavy atom. The van der Waals surface area contributed by atoms with Crippen LogP contribution in [0.1, 0.15) is 10.4 Å². The highest BCUT2D eigenvalue weighted by Crippen LogP contribution is 2.23. The van der Waals surface area contributed by atoms with Gasteiger partial charge in [-0.2, -0.15) is 0 Å². The summed E-state index contributed by atoms with van der Waals surface area (Å²) in [6.07, 6.45) is 0. The van der Waals surface area contributed by atoms with Crippen molar-refractivity contribution in [2.24, 2.45) is 0 Å². The summed E-state index contributed by atoms with van der Waals surface area (Å²) in [5, 5.41) is 13.3. The molecule has 0 aliphatic heterocycles. The molecule has 3 N–H and O–H groups in total. The fraction of sp³-hybridized carbons (Fsp3) is 0. The second kappa shape index (κ2) is 5.70. The van der Waals surface area contributed by atoms with E-state index < -0.39 is 4.92 Å². The van der Waals surface area contributed by atoms with Gasteiger partial charge in [0.05, 0.1) is 4.92 Å². The van der Waals surface area contributed by atoms with Gasteiger partial charge in [0, 0.05) is 21.8 Å². The molecule has 0 unspecified atom stereocenters. The lowest BCUT2D eigenvalue weighted by Crippen LogP contribution is -2.12. The van der Waals surface area contributed by atoms with Crippen LogP contribution in [0.15, 0.2) is 46.9 Å². The van der Waals surface area contributed by atoms with Gasteiger partial charge in [-0.05, 0) is 30.3 Å². The Labute approximate surface area is 122 Å². The Hall–Kier alpha value is -2.41. The van der Waals surface area contributed by atoms with Crippen LogP contribution in [0, 0.1) is 10.1 Å². The Bertz CT molecular complexity index is 688. The normalized spacial score (nSPS) is 10.1. The third-order valence-electron chi connectivity index (χ3n) is 2.57. The zero-order chi connectivity index (χ0) is 14.7. The minimum absolute atomic E-state index is 0.0445. The first-order valence-corrected chi connectivity index (χ1v) is 6.37. The van der Waals surface area contributed by atoms with Crippen molar-refractivity contribution in [1.29, 1.82) is 0 Å². The quantitative estimate of drug-likeness (QED) is 0.511. The highest BCUT2D eigenvalue weighted by atomic mass is 79.9. The van der Waals surface area contributed by atoms with Gasteiger partial charge in [-0.25, -0.2) is 0 Å². The van der Waals surface area contributed by atoms with Crippen molar-refractivity contribution in [3.8, 4) is 0 Å². The number of nitrogens with two attached hydrogens (primary N) is 1. The minimum atomic E-state index is -0.592. The molecule has 1 amide bonds. The molecule has 0 saturated carbocycles. The van der Waals surface area contributed by atoms with Crippen molar-refractivity contribution in [2.75, 3.05) is 11.1 Å². The second-order valence-electron chi connectivity index (χ2n) is 4.00. The Morgan fingerprint density at radius 3 is 2.60 bits per heavy atom. The lowest BCUT2D eigenvalue weighted by atomic mass is 10.1. The number of nitrogen functional groups attached to an aromatic ring is 1. The van der Waals surface area contributed by atoms with Gasteiger partial charge in [-0.1, -0.05) is 22.0 Å². The third kappa shape index (κ3) is 3.12. The average molecular weight is 336 g/mol. The molecule has 0 spiro atoms. The van der Waals surface area contributed by atoms with E-state index >= 15 is 0 Å². The molecular weight excluding hydrogens is 326 g/mol. The van der Waals surface area contributed by atoms with Gasteiger partial charge in [0.2, 0.25) is 0 Å². The fourth-order valence-electron chi connectivity index (χ4n) is 1.63. The van der Waals surface area contributed by atoms with Crippen LogP contribution < -0.4 is 11.1 Å². The molecule has 0 aliphatic carbocycles. The van der Waals surface area contributed by atoms with E-state index in [2.05, 4.69) is 21.2 Å². The predicted octanol–water partition coefficient (Wildman–Crippen LogP) is 3.19. The van der Waals surface area contributed by atoms with Crippen LogP contribution in [0.25, 0.3) is 0 Å². The molecule has 0 heterocycles. The summed E-state index contributed by atoms with van der Waals surface area (Å²) >= 11 is 3.30. The fourth-order valence-corrected chi connectivity index (χ4v) is 2.03. The van der Waals surface area contributed by atoms with Gasteiger partial charge < -0.3 is 11.1 Å². The largest absolute Gasteiger partial charge is 0.393 e. The summed E-state index contributed by atoms with van der Waals surface area (Å²) in [6.45, 7) is 0. The number of rotatable bonds is 3. The van der Waals surface area contributed by atoms with E-state index in [0.29, 0.717) is 5.69 Å². The molecule has 0 atom stereocenters. The molecule has 0 aliphatic rings. The number of nitro benzene ring substituents is 1. The first kappa shape index (κ1) is 14.0. The molecule has 2 aromatic carbocycles. The van der Waals surface area contributed by atoms with Crippen LogP contribution >= 0.6 is 15.9 Å². The molecule has 0 fully saturated rings. The Morgan fingerprint density at radius 1 is 1.25 bits per heavy atom. The summed E-state index contributed by atoms with van der Waals surface area (Å²) in [6, 6.07) is 11.0. The van der Waals surface area contributed by atoms with Gasteiger partial charge >= 0.3 is 0 Å². The van der Waals surface area contributed by atoms with Crippen molar-refractivity contribution in [3.05, 3.63) is 62.6 Å². The van der Waals surface area contributed by atoms with Crippen LogP contribution in [0.3, 0.4) is 0 Å². The molecule has 20 heavy (non-hydrogen) atoms. The summed E-state index contributed by atoms with van der Waals surface area (Å²) in [5.41, 5.74) is 6.16. The summed E-state index contributed by atoms with van der Waals surface area (Å²) in [4.78, 5) is 22.1. The third-order valence-corrected chi connectivity index (χ3v) is 3.06. The lowest BCUT2D eigenvalue weighted by Gasteiger charge is -2.06. The van der Waals surface area contributed by atoms with Crippen molar-refractivity contribution >= 4 is 38.9 Å². The number of nitro groups is 1. The van der Waals surface area contributed by atoms with Crippen molar-refractivity contribution in [3.63, 3.8) is 0 Å². The van der Waals surface area contributed by atoms with Crippen LogP contribution in [0.5, 0.6) is 0 Å². The van der Waals surface area contributed by atoms with E-state index in [0.717, 1.165) is 4.47 Å². The lowest BCUT2D eigenvalue weighted by molar-refractivity contribution is -0.383. The zero-order valence-electron chi connectivity index (χ0n) is 10.2. The zero-order valence-corrected chi connectivity index (χ0v) is 11.8. The number of nitrogens with one attached hydrogen (secondary N) is 1. The summed E-state index contributed by atoms with van der Waals surface area (Å²) in [5.74, 6) is -0.385. The number of benzene rings is 2. The van der Waals surface area contributed by atoms with E-state index in [1.807, 2.05) is 6.07 Å². The Balaban J connectivity index is 2.22. The van der Waals surface area contributed by atoms with Crippen LogP contribution in [-0.2, 0) is 0 Å². The van der Waals surface area contributed by atoms with Crippen LogP contribution in [0.4, 0.5) is 17.1 Å². The summed E-state index contributed by atoms with van der Waals surface area (Å²) in [7, 11) is 0. The standard InChI is InChI=1S/C13H10BrN3O3/c14-9-2-1-3-10(7-9)16-13(18)8-4-5-12(17(19)20)11(15)6-8/h1-7H,15H2,(H,16,18). The molecule has 6 nitrogen and oxygen atoms in total. The van der Waals surface area contributed by atoms with Gasteiger partial charge in [0.25, 0.3) is 11.6 Å². The number of amides is 1. The van der Waals surface area contributed by atoms with E-state index in [-0.39, 0.29) is 22.8 Å². The maximum Gasteiger partial charge on any atom is 0.292 e. The number of halogens is 1. The number of carbonyl (C=O) groups excluding carboxylic acids is 1. The molecular formula is C13H10BrN3O3. The Kier molecular flexibility index (Phi) is 3.99. The van der Waals surface area contributed by atoms with E-state index in [9.17, 15) is 14.9 Å². The molecule has 0 radical (unpaired) electrons. The highest BCUT2D eigenvalue weighted by molar-refractivity contribution is 9.10. The van der Waals surface area contributed by atoms with Gasteiger partial charge in [0.1, 0.15) is 5.69 Å².